The third-order valence-corrected chi connectivity index (χ3v) is 2.33. The average molecular weight is 186 g/mol. The molecule has 1 aliphatic carbocycles. The van der Waals surface area contributed by atoms with Crippen LogP contribution in [-0.4, -0.2) is 32.2 Å². The monoisotopic (exact) mass is 186 g/mol. The lowest BCUT2D eigenvalue weighted by Crippen LogP contribution is -2.30. The van der Waals surface area contributed by atoms with Crippen molar-refractivity contribution < 1.29 is 9.53 Å². The second kappa shape index (κ2) is 5.94. The van der Waals surface area contributed by atoms with Gasteiger partial charge < -0.3 is 15.8 Å². The number of amides is 1. The first-order valence-corrected chi connectivity index (χ1v) is 4.86. The molecule has 1 amide bonds. The van der Waals surface area contributed by atoms with Gasteiger partial charge in [0.15, 0.2) is 0 Å². The first kappa shape index (κ1) is 10.5. The molecule has 1 fully saturated rings. The Bertz CT molecular complexity index is 158. The van der Waals surface area contributed by atoms with Gasteiger partial charge in [0.25, 0.3) is 0 Å². The molecule has 3 N–H and O–H groups in total. The van der Waals surface area contributed by atoms with Gasteiger partial charge in [0, 0.05) is 6.54 Å². The van der Waals surface area contributed by atoms with Gasteiger partial charge in [0.05, 0.1) is 6.61 Å². The molecule has 13 heavy (non-hydrogen) atoms. The van der Waals surface area contributed by atoms with Crippen molar-refractivity contribution in [1.82, 2.24) is 5.32 Å². The number of primary amides is 1. The molecule has 0 atom stereocenters. The highest BCUT2D eigenvalue weighted by atomic mass is 16.5. The van der Waals surface area contributed by atoms with Crippen molar-refractivity contribution >= 4 is 5.91 Å². The van der Waals surface area contributed by atoms with Gasteiger partial charge in [-0.1, -0.05) is 6.42 Å². The number of rotatable bonds is 7. The molecule has 4 heteroatoms. The largest absolute Gasteiger partial charge is 0.370 e. The molecule has 4 nitrogen and oxygen atoms in total. The van der Waals surface area contributed by atoms with Crippen LogP contribution in [0.15, 0.2) is 0 Å². The third kappa shape index (κ3) is 4.85. The molecular formula is C9H18N2O2. The fourth-order valence-electron chi connectivity index (χ4n) is 1.32. The molecule has 0 saturated heterocycles. The zero-order valence-corrected chi connectivity index (χ0v) is 7.92. The quantitative estimate of drug-likeness (QED) is 0.545. The molecule has 1 aliphatic rings. The maximum absolute atomic E-state index is 10.3. The summed E-state index contributed by atoms with van der Waals surface area (Å²) in [5, 5.41) is 3.28. The van der Waals surface area contributed by atoms with Gasteiger partial charge in [-0.25, -0.2) is 0 Å². The van der Waals surface area contributed by atoms with Crippen LogP contribution >= 0.6 is 0 Å². The first-order valence-electron chi connectivity index (χ1n) is 4.86. The molecule has 0 bridgehead atoms. The molecule has 0 unspecified atom stereocenters. The zero-order valence-electron chi connectivity index (χ0n) is 7.92. The summed E-state index contributed by atoms with van der Waals surface area (Å²) in [6.45, 7) is 2.49. The Kier molecular flexibility index (Phi) is 4.78. The highest BCUT2D eigenvalue weighted by Gasteiger charge is 2.15. The summed E-state index contributed by atoms with van der Waals surface area (Å²) in [5.74, 6) is 0.468. The predicted molar refractivity (Wildman–Crippen MR) is 50.2 cm³/mol. The van der Waals surface area contributed by atoms with Gasteiger partial charge >= 0.3 is 0 Å². The van der Waals surface area contributed by atoms with Crippen LogP contribution in [0.25, 0.3) is 0 Å². The van der Waals surface area contributed by atoms with Crippen molar-refractivity contribution in [3.8, 4) is 0 Å². The van der Waals surface area contributed by atoms with Crippen LogP contribution in [0.1, 0.15) is 19.3 Å². The molecule has 0 spiro atoms. The average Bonchev–Trinajstić information content (AvgIpc) is 1.99. The lowest BCUT2D eigenvalue weighted by atomic mass is 9.85. The van der Waals surface area contributed by atoms with Gasteiger partial charge in [0.2, 0.25) is 5.91 Å². The normalized spacial score (nSPS) is 16.9. The fourth-order valence-corrected chi connectivity index (χ4v) is 1.32. The SMILES string of the molecule is NC(=O)COCCNCC1CCC1. The van der Waals surface area contributed by atoms with Crippen molar-refractivity contribution in [3.05, 3.63) is 0 Å². The highest BCUT2D eigenvalue weighted by Crippen LogP contribution is 2.24. The number of hydrogen-bond donors (Lipinski definition) is 2. The number of ether oxygens (including phenoxy) is 1. The molecule has 1 saturated carbocycles. The van der Waals surface area contributed by atoms with E-state index in [-0.39, 0.29) is 6.61 Å². The van der Waals surface area contributed by atoms with Crippen molar-refractivity contribution in [2.24, 2.45) is 11.7 Å². The maximum Gasteiger partial charge on any atom is 0.243 e. The summed E-state index contributed by atoms with van der Waals surface area (Å²) in [6, 6.07) is 0. The van der Waals surface area contributed by atoms with E-state index >= 15 is 0 Å². The van der Waals surface area contributed by atoms with Crippen LogP contribution in [0, 0.1) is 5.92 Å². The van der Waals surface area contributed by atoms with Crippen LogP contribution < -0.4 is 11.1 Å². The molecular weight excluding hydrogens is 168 g/mol. The minimum Gasteiger partial charge on any atom is -0.370 e. The van der Waals surface area contributed by atoms with Crippen LogP contribution in [0.4, 0.5) is 0 Å². The summed E-state index contributed by atoms with van der Waals surface area (Å²) >= 11 is 0. The van der Waals surface area contributed by atoms with E-state index in [1.54, 1.807) is 0 Å². The minimum atomic E-state index is -0.404. The summed E-state index contributed by atoms with van der Waals surface area (Å²) in [4.78, 5) is 10.3. The molecule has 0 heterocycles. The zero-order chi connectivity index (χ0) is 9.52. The van der Waals surface area contributed by atoms with Gasteiger partial charge in [-0.05, 0) is 25.3 Å². The van der Waals surface area contributed by atoms with E-state index in [2.05, 4.69) is 5.32 Å². The predicted octanol–water partition coefficient (Wildman–Crippen LogP) is -0.122. The standard InChI is InChI=1S/C9H18N2O2/c10-9(12)7-13-5-4-11-6-8-2-1-3-8/h8,11H,1-7H2,(H2,10,12). The second-order valence-corrected chi connectivity index (χ2v) is 3.52. The summed E-state index contributed by atoms with van der Waals surface area (Å²) in [6.07, 6.45) is 4.09. The van der Waals surface area contributed by atoms with E-state index in [1.807, 2.05) is 0 Å². The van der Waals surface area contributed by atoms with Gasteiger partial charge in [-0.3, -0.25) is 4.79 Å². The van der Waals surface area contributed by atoms with Crippen LogP contribution in [0.2, 0.25) is 0 Å². The molecule has 0 aliphatic heterocycles. The second-order valence-electron chi connectivity index (χ2n) is 3.52. The van der Waals surface area contributed by atoms with Crippen LogP contribution in [-0.2, 0) is 9.53 Å². The van der Waals surface area contributed by atoms with Crippen LogP contribution in [0.3, 0.4) is 0 Å². The first-order chi connectivity index (χ1) is 6.29. The smallest absolute Gasteiger partial charge is 0.243 e. The van der Waals surface area contributed by atoms with E-state index in [0.29, 0.717) is 6.61 Å². The van der Waals surface area contributed by atoms with Gasteiger partial charge in [-0.15, -0.1) is 0 Å². The van der Waals surface area contributed by atoms with Crippen LogP contribution in [0.5, 0.6) is 0 Å². The summed E-state index contributed by atoms with van der Waals surface area (Å²) in [5.41, 5.74) is 4.90. The fraction of sp³-hybridized carbons (Fsp3) is 0.889. The van der Waals surface area contributed by atoms with E-state index < -0.39 is 5.91 Å². The number of hydrogen-bond acceptors (Lipinski definition) is 3. The van der Waals surface area contributed by atoms with E-state index in [4.69, 9.17) is 10.5 Å². The van der Waals surface area contributed by atoms with Crippen molar-refractivity contribution in [1.29, 1.82) is 0 Å². The number of nitrogens with two attached hydrogens (primary N) is 1. The van der Waals surface area contributed by atoms with Gasteiger partial charge in [-0.2, -0.15) is 0 Å². The molecule has 0 aromatic carbocycles. The summed E-state index contributed by atoms with van der Waals surface area (Å²) in [7, 11) is 0. The molecule has 76 valence electrons. The molecule has 0 radical (unpaired) electrons. The van der Waals surface area contributed by atoms with E-state index in [0.717, 1.165) is 19.0 Å². The molecule has 0 aromatic heterocycles. The topological polar surface area (TPSA) is 64.4 Å². The molecule has 0 aromatic rings. The minimum absolute atomic E-state index is 0.0328. The Morgan fingerprint density at radius 1 is 1.54 bits per heavy atom. The van der Waals surface area contributed by atoms with E-state index in [9.17, 15) is 4.79 Å². The third-order valence-electron chi connectivity index (χ3n) is 2.33. The van der Waals surface area contributed by atoms with Crippen molar-refractivity contribution in [2.75, 3.05) is 26.3 Å². The Balaban J connectivity index is 1.75. The summed E-state index contributed by atoms with van der Waals surface area (Å²) < 4.78 is 4.99. The Morgan fingerprint density at radius 2 is 2.31 bits per heavy atom. The Morgan fingerprint density at radius 3 is 2.85 bits per heavy atom. The number of carbonyl (C=O) groups excluding carboxylic acids is 1. The molecule has 1 rings (SSSR count). The van der Waals surface area contributed by atoms with Crippen molar-refractivity contribution in [3.63, 3.8) is 0 Å². The highest BCUT2D eigenvalue weighted by molar-refractivity contribution is 5.74. The van der Waals surface area contributed by atoms with E-state index in [1.165, 1.54) is 19.3 Å². The van der Waals surface area contributed by atoms with Crippen molar-refractivity contribution in [2.45, 2.75) is 19.3 Å². The lowest BCUT2D eigenvalue weighted by Gasteiger charge is -2.25. The maximum atomic E-state index is 10.3. The number of carbonyl (C=O) groups is 1. The lowest BCUT2D eigenvalue weighted by molar-refractivity contribution is -0.122. The number of nitrogens with one attached hydrogen (secondary N) is 1. The Hall–Kier alpha value is -0.610. The van der Waals surface area contributed by atoms with Gasteiger partial charge in [0.1, 0.15) is 6.61 Å². The Labute approximate surface area is 78.8 Å².